The van der Waals surface area contributed by atoms with Crippen LogP contribution in [0.1, 0.15) is 60.8 Å². The lowest BCUT2D eigenvalue weighted by Gasteiger charge is -2.18. The number of hydrogen-bond donors (Lipinski definition) is 1. The van der Waals surface area contributed by atoms with E-state index >= 15 is 0 Å². The zero-order chi connectivity index (χ0) is 11.5. The Morgan fingerprint density at radius 1 is 0.933 bits per heavy atom. The second-order valence-electron chi connectivity index (χ2n) is 7.65. The summed E-state index contributed by atoms with van der Waals surface area (Å²) < 4.78 is 0. The third kappa shape index (κ3) is 1.73. The highest BCUT2D eigenvalue weighted by Crippen LogP contribution is 2.63. The molecule has 2 aliphatic carbocycles. The van der Waals surface area contributed by atoms with Gasteiger partial charge in [0.1, 0.15) is 0 Å². The third-order valence-electron chi connectivity index (χ3n) is 5.39. The summed E-state index contributed by atoms with van der Waals surface area (Å²) in [5.41, 5.74) is 1.54. The van der Waals surface area contributed by atoms with Gasteiger partial charge in [0, 0.05) is 12.1 Å². The zero-order valence-corrected chi connectivity index (χ0v) is 11.3. The van der Waals surface area contributed by atoms with Crippen LogP contribution in [0.15, 0.2) is 0 Å². The van der Waals surface area contributed by atoms with Crippen LogP contribution in [0.5, 0.6) is 0 Å². The third-order valence-corrected chi connectivity index (χ3v) is 5.39. The molecule has 0 aromatic carbocycles. The quantitative estimate of drug-likeness (QED) is 0.733. The van der Waals surface area contributed by atoms with Crippen molar-refractivity contribution in [2.75, 3.05) is 0 Å². The first-order chi connectivity index (χ1) is 6.67. The van der Waals surface area contributed by atoms with Crippen LogP contribution < -0.4 is 5.32 Å². The summed E-state index contributed by atoms with van der Waals surface area (Å²) in [5, 5.41) is 3.89. The van der Waals surface area contributed by atoms with Gasteiger partial charge in [-0.2, -0.15) is 0 Å². The van der Waals surface area contributed by atoms with Crippen molar-refractivity contribution < 1.29 is 0 Å². The zero-order valence-electron chi connectivity index (χ0n) is 11.3. The van der Waals surface area contributed by atoms with Crippen LogP contribution in [0.3, 0.4) is 0 Å². The van der Waals surface area contributed by atoms with Crippen molar-refractivity contribution in [3.8, 4) is 0 Å². The molecule has 1 heteroatoms. The summed E-state index contributed by atoms with van der Waals surface area (Å²) in [6, 6.07) is 1.50. The van der Waals surface area contributed by atoms with Crippen LogP contribution >= 0.6 is 0 Å². The number of nitrogens with one attached hydrogen (secondary N) is 1. The fourth-order valence-corrected chi connectivity index (χ4v) is 3.43. The largest absolute Gasteiger partial charge is 0.310 e. The molecule has 0 aromatic rings. The maximum atomic E-state index is 3.89. The minimum atomic E-state index is 0.486. The van der Waals surface area contributed by atoms with Gasteiger partial charge in [-0.3, -0.25) is 0 Å². The molecule has 15 heavy (non-hydrogen) atoms. The van der Waals surface area contributed by atoms with E-state index in [1.54, 1.807) is 0 Å². The minimum absolute atomic E-state index is 0.486. The van der Waals surface area contributed by atoms with Crippen LogP contribution in [0.25, 0.3) is 0 Å². The Kier molecular flexibility index (Phi) is 2.29. The maximum Gasteiger partial charge on any atom is 0.0183 e. The van der Waals surface area contributed by atoms with Crippen molar-refractivity contribution in [3.63, 3.8) is 0 Å². The summed E-state index contributed by atoms with van der Waals surface area (Å²) in [7, 11) is 0. The maximum absolute atomic E-state index is 3.89. The van der Waals surface area contributed by atoms with Gasteiger partial charge in [0.05, 0.1) is 0 Å². The Labute approximate surface area is 95.0 Å². The Bertz CT molecular complexity index is 249. The molecular weight excluding hydrogens is 182 g/mol. The van der Waals surface area contributed by atoms with Crippen LogP contribution in [0.4, 0.5) is 0 Å². The number of rotatable bonds is 2. The molecule has 2 saturated carbocycles. The molecule has 88 valence electrons. The molecule has 2 rings (SSSR count). The van der Waals surface area contributed by atoms with E-state index in [1.807, 2.05) is 0 Å². The van der Waals surface area contributed by atoms with Gasteiger partial charge in [-0.1, -0.05) is 41.5 Å². The lowest BCUT2D eigenvalue weighted by molar-refractivity contribution is 0.358. The van der Waals surface area contributed by atoms with E-state index in [2.05, 4.69) is 46.9 Å². The Hall–Kier alpha value is -0.0400. The molecule has 0 amide bonds. The molecule has 0 saturated heterocycles. The minimum Gasteiger partial charge on any atom is -0.310 e. The second-order valence-corrected chi connectivity index (χ2v) is 7.65. The van der Waals surface area contributed by atoms with Gasteiger partial charge in [-0.15, -0.1) is 0 Å². The van der Waals surface area contributed by atoms with Gasteiger partial charge < -0.3 is 5.32 Å². The molecule has 2 fully saturated rings. The fraction of sp³-hybridized carbons (Fsp3) is 1.00. The van der Waals surface area contributed by atoms with Crippen molar-refractivity contribution in [2.45, 2.75) is 72.9 Å². The van der Waals surface area contributed by atoms with E-state index in [0.29, 0.717) is 16.2 Å². The molecule has 0 bridgehead atoms. The monoisotopic (exact) mass is 209 g/mol. The first kappa shape index (κ1) is 11.4. The molecule has 1 N–H and O–H groups in total. The molecule has 0 aliphatic heterocycles. The molecule has 2 aliphatic rings. The van der Waals surface area contributed by atoms with Crippen molar-refractivity contribution in [1.29, 1.82) is 0 Å². The van der Waals surface area contributed by atoms with Crippen LogP contribution in [-0.4, -0.2) is 12.1 Å². The summed E-state index contributed by atoms with van der Waals surface area (Å²) in [5.74, 6) is 0. The van der Waals surface area contributed by atoms with Crippen molar-refractivity contribution >= 4 is 0 Å². The van der Waals surface area contributed by atoms with Gasteiger partial charge in [-0.25, -0.2) is 0 Å². The standard InChI is InChI=1S/C14H27N/c1-12(2)8-7-10(9-12)15-11-13(3,4)14(11,5)6/h10-11,15H,7-9H2,1-6H3. The SMILES string of the molecule is CC1(C)CCC(NC2C(C)(C)C2(C)C)C1. The van der Waals surface area contributed by atoms with E-state index in [1.165, 1.54) is 19.3 Å². The highest BCUT2D eigenvalue weighted by Gasteiger charge is 2.65. The first-order valence-corrected chi connectivity index (χ1v) is 6.43. The highest BCUT2D eigenvalue weighted by molar-refractivity contribution is 5.18. The lowest BCUT2D eigenvalue weighted by atomic mass is 9.92. The van der Waals surface area contributed by atoms with E-state index < -0.39 is 0 Å². The lowest BCUT2D eigenvalue weighted by Crippen LogP contribution is -2.32. The molecule has 0 radical (unpaired) electrons. The van der Waals surface area contributed by atoms with Crippen molar-refractivity contribution in [1.82, 2.24) is 5.32 Å². The van der Waals surface area contributed by atoms with E-state index in [4.69, 9.17) is 0 Å². The number of hydrogen-bond acceptors (Lipinski definition) is 1. The molecule has 0 aromatic heterocycles. The van der Waals surface area contributed by atoms with E-state index in [-0.39, 0.29) is 0 Å². The van der Waals surface area contributed by atoms with Gasteiger partial charge >= 0.3 is 0 Å². The Balaban J connectivity index is 1.91. The topological polar surface area (TPSA) is 12.0 Å². The van der Waals surface area contributed by atoms with Crippen LogP contribution in [0, 0.1) is 16.2 Å². The summed E-state index contributed by atoms with van der Waals surface area (Å²) in [4.78, 5) is 0. The molecule has 0 spiro atoms. The fourth-order valence-electron chi connectivity index (χ4n) is 3.43. The average molecular weight is 209 g/mol. The van der Waals surface area contributed by atoms with Crippen molar-refractivity contribution in [2.24, 2.45) is 16.2 Å². The summed E-state index contributed by atoms with van der Waals surface area (Å²) in [6.07, 6.45) is 4.11. The summed E-state index contributed by atoms with van der Waals surface area (Å²) in [6.45, 7) is 14.4. The highest BCUT2D eigenvalue weighted by atomic mass is 15.1. The van der Waals surface area contributed by atoms with Crippen LogP contribution in [-0.2, 0) is 0 Å². The smallest absolute Gasteiger partial charge is 0.0183 e. The molecular formula is C14H27N. The molecule has 1 nitrogen and oxygen atoms in total. The first-order valence-electron chi connectivity index (χ1n) is 6.43. The predicted molar refractivity (Wildman–Crippen MR) is 65.9 cm³/mol. The van der Waals surface area contributed by atoms with Gasteiger partial charge in [0.15, 0.2) is 0 Å². The predicted octanol–water partition coefficient (Wildman–Crippen LogP) is 3.59. The van der Waals surface area contributed by atoms with E-state index in [0.717, 1.165) is 12.1 Å². The average Bonchev–Trinajstić information content (AvgIpc) is 2.44. The second kappa shape index (κ2) is 3.00. The molecule has 0 heterocycles. The van der Waals surface area contributed by atoms with Gasteiger partial charge in [0.25, 0.3) is 0 Å². The van der Waals surface area contributed by atoms with Crippen molar-refractivity contribution in [3.05, 3.63) is 0 Å². The van der Waals surface area contributed by atoms with E-state index in [9.17, 15) is 0 Å². The normalized spacial score (nSPS) is 36.8. The van der Waals surface area contributed by atoms with Crippen LogP contribution in [0.2, 0.25) is 0 Å². The molecule has 1 atom stereocenters. The van der Waals surface area contributed by atoms with Gasteiger partial charge in [0.2, 0.25) is 0 Å². The Morgan fingerprint density at radius 3 is 1.80 bits per heavy atom. The summed E-state index contributed by atoms with van der Waals surface area (Å²) >= 11 is 0. The van der Waals surface area contributed by atoms with Gasteiger partial charge in [-0.05, 0) is 35.5 Å². The Morgan fingerprint density at radius 2 is 1.47 bits per heavy atom. The molecule has 1 unspecified atom stereocenters.